The fourth-order valence-corrected chi connectivity index (χ4v) is 2.14. The number of rotatable bonds is 3. The average Bonchev–Trinajstić information content (AvgIpc) is 2.41. The Balaban J connectivity index is 2.60. The molecule has 2 aromatic rings. The summed E-state index contributed by atoms with van der Waals surface area (Å²) in [6.07, 6.45) is 0. The topological polar surface area (TPSA) is 46.2 Å². The minimum atomic E-state index is -1.35. The first kappa shape index (κ1) is 12.7. The van der Waals surface area contributed by atoms with Crippen molar-refractivity contribution in [1.29, 1.82) is 0 Å². The van der Waals surface area contributed by atoms with E-state index in [1.165, 1.54) is 12.1 Å². The number of aliphatic hydroxyl groups is 1. The quantitative estimate of drug-likeness (QED) is 0.871. The molecule has 2 nitrogen and oxygen atoms in total. The fourth-order valence-electron chi connectivity index (χ4n) is 2.14. The number of nitrogens with two attached hydrogens (primary N) is 1. The van der Waals surface area contributed by atoms with Crippen LogP contribution in [0, 0.1) is 12.7 Å². The average molecular weight is 245 g/mol. The maximum atomic E-state index is 13.4. The van der Waals surface area contributed by atoms with Gasteiger partial charge in [0.25, 0.3) is 0 Å². The molecular weight excluding hydrogens is 229 g/mol. The van der Waals surface area contributed by atoms with Crippen molar-refractivity contribution in [2.75, 3.05) is 6.54 Å². The second kappa shape index (κ2) is 4.88. The minimum absolute atomic E-state index is 0.00130. The fraction of sp³-hybridized carbons (Fsp3) is 0.200. The summed E-state index contributed by atoms with van der Waals surface area (Å²) in [6, 6.07) is 13.5. The van der Waals surface area contributed by atoms with Gasteiger partial charge in [0.1, 0.15) is 11.4 Å². The third kappa shape index (κ3) is 2.15. The molecule has 0 saturated carbocycles. The minimum Gasteiger partial charge on any atom is -0.379 e. The van der Waals surface area contributed by atoms with E-state index in [4.69, 9.17) is 5.73 Å². The molecule has 2 aromatic carbocycles. The molecule has 3 heteroatoms. The van der Waals surface area contributed by atoms with Gasteiger partial charge in [-0.1, -0.05) is 36.4 Å². The second-order valence-corrected chi connectivity index (χ2v) is 4.39. The molecule has 1 unspecified atom stereocenters. The van der Waals surface area contributed by atoms with Gasteiger partial charge in [0.2, 0.25) is 0 Å². The van der Waals surface area contributed by atoms with E-state index in [0.29, 0.717) is 11.1 Å². The van der Waals surface area contributed by atoms with Crippen molar-refractivity contribution < 1.29 is 9.50 Å². The highest BCUT2D eigenvalue weighted by Crippen LogP contribution is 2.31. The van der Waals surface area contributed by atoms with Gasteiger partial charge < -0.3 is 10.8 Å². The van der Waals surface area contributed by atoms with E-state index in [9.17, 15) is 9.50 Å². The standard InChI is InChI=1S/C15H16FNO/c1-11-7-8-13(16)9-14(11)15(18,10-17)12-5-3-2-4-6-12/h2-9,18H,10,17H2,1H3. The van der Waals surface area contributed by atoms with Gasteiger partial charge in [-0.3, -0.25) is 0 Å². The van der Waals surface area contributed by atoms with E-state index in [2.05, 4.69) is 0 Å². The molecule has 3 N–H and O–H groups in total. The van der Waals surface area contributed by atoms with Crippen LogP contribution < -0.4 is 5.73 Å². The lowest BCUT2D eigenvalue weighted by atomic mass is 9.84. The van der Waals surface area contributed by atoms with E-state index in [-0.39, 0.29) is 12.4 Å². The van der Waals surface area contributed by atoms with Gasteiger partial charge in [-0.25, -0.2) is 4.39 Å². The Morgan fingerprint density at radius 3 is 2.44 bits per heavy atom. The summed E-state index contributed by atoms with van der Waals surface area (Å²) in [5, 5.41) is 10.8. The Morgan fingerprint density at radius 2 is 1.83 bits per heavy atom. The molecule has 94 valence electrons. The summed E-state index contributed by atoms with van der Waals surface area (Å²) in [5.74, 6) is -0.376. The lowest BCUT2D eigenvalue weighted by molar-refractivity contribution is 0.0892. The monoisotopic (exact) mass is 245 g/mol. The number of halogens is 1. The molecule has 2 rings (SSSR count). The van der Waals surface area contributed by atoms with E-state index in [1.54, 1.807) is 18.2 Å². The van der Waals surface area contributed by atoms with E-state index < -0.39 is 5.60 Å². The normalized spacial score (nSPS) is 14.2. The van der Waals surface area contributed by atoms with Crippen LogP contribution in [0.3, 0.4) is 0 Å². The maximum absolute atomic E-state index is 13.4. The third-order valence-electron chi connectivity index (χ3n) is 3.19. The molecule has 0 aliphatic carbocycles. The van der Waals surface area contributed by atoms with Crippen molar-refractivity contribution in [2.45, 2.75) is 12.5 Å². The number of aryl methyl sites for hydroxylation is 1. The predicted octanol–water partition coefficient (Wildman–Crippen LogP) is 2.33. The first-order chi connectivity index (χ1) is 8.58. The molecule has 0 bridgehead atoms. The maximum Gasteiger partial charge on any atom is 0.127 e. The van der Waals surface area contributed by atoms with Crippen LogP contribution in [0.15, 0.2) is 48.5 Å². The Labute approximate surface area is 106 Å². The highest BCUT2D eigenvalue weighted by atomic mass is 19.1. The highest BCUT2D eigenvalue weighted by Gasteiger charge is 2.31. The molecule has 18 heavy (non-hydrogen) atoms. The van der Waals surface area contributed by atoms with Crippen LogP contribution in [-0.2, 0) is 5.60 Å². The first-order valence-electron chi connectivity index (χ1n) is 5.82. The van der Waals surface area contributed by atoms with Crippen molar-refractivity contribution in [1.82, 2.24) is 0 Å². The van der Waals surface area contributed by atoms with Crippen molar-refractivity contribution in [3.05, 3.63) is 71.0 Å². The van der Waals surface area contributed by atoms with Gasteiger partial charge in [-0.15, -0.1) is 0 Å². The van der Waals surface area contributed by atoms with Crippen LogP contribution in [0.4, 0.5) is 4.39 Å². The molecule has 0 saturated heterocycles. The van der Waals surface area contributed by atoms with Gasteiger partial charge in [0, 0.05) is 6.54 Å². The second-order valence-electron chi connectivity index (χ2n) is 4.39. The van der Waals surface area contributed by atoms with Crippen LogP contribution >= 0.6 is 0 Å². The molecule has 0 aliphatic rings. The van der Waals surface area contributed by atoms with E-state index in [0.717, 1.165) is 5.56 Å². The Morgan fingerprint density at radius 1 is 1.17 bits per heavy atom. The lowest BCUT2D eigenvalue weighted by Crippen LogP contribution is -2.36. The zero-order valence-electron chi connectivity index (χ0n) is 10.2. The Bertz CT molecular complexity index is 541. The van der Waals surface area contributed by atoms with Crippen LogP contribution in [0.1, 0.15) is 16.7 Å². The summed E-state index contributed by atoms with van der Waals surface area (Å²) in [4.78, 5) is 0. The number of hydrogen-bond acceptors (Lipinski definition) is 2. The summed E-state index contributed by atoms with van der Waals surface area (Å²) >= 11 is 0. The van der Waals surface area contributed by atoms with Gasteiger partial charge >= 0.3 is 0 Å². The van der Waals surface area contributed by atoms with Crippen molar-refractivity contribution in [2.24, 2.45) is 5.73 Å². The summed E-state index contributed by atoms with van der Waals surface area (Å²) in [7, 11) is 0. The SMILES string of the molecule is Cc1ccc(F)cc1C(O)(CN)c1ccccc1. The summed E-state index contributed by atoms with van der Waals surface area (Å²) in [6.45, 7) is 1.83. The van der Waals surface area contributed by atoms with Crippen LogP contribution in [0.25, 0.3) is 0 Å². The molecule has 0 spiro atoms. The lowest BCUT2D eigenvalue weighted by Gasteiger charge is -2.29. The largest absolute Gasteiger partial charge is 0.379 e. The molecule has 0 amide bonds. The van der Waals surface area contributed by atoms with Crippen LogP contribution in [-0.4, -0.2) is 11.7 Å². The molecule has 0 heterocycles. The van der Waals surface area contributed by atoms with Gasteiger partial charge in [-0.2, -0.15) is 0 Å². The first-order valence-corrected chi connectivity index (χ1v) is 5.82. The number of hydrogen-bond donors (Lipinski definition) is 2. The Kier molecular flexibility index (Phi) is 3.45. The van der Waals surface area contributed by atoms with E-state index in [1.807, 2.05) is 25.1 Å². The predicted molar refractivity (Wildman–Crippen MR) is 69.6 cm³/mol. The van der Waals surface area contributed by atoms with Crippen molar-refractivity contribution in [3.63, 3.8) is 0 Å². The number of benzene rings is 2. The van der Waals surface area contributed by atoms with Crippen LogP contribution in [0.2, 0.25) is 0 Å². The van der Waals surface area contributed by atoms with Gasteiger partial charge in [0.05, 0.1) is 0 Å². The molecule has 0 radical (unpaired) electrons. The van der Waals surface area contributed by atoms with Crippen molar-refractivity contribution >= 4 is 0 Å². The molecule has 0 aromatic heterocycles. The third-order valence-corrected chi connectivity index (χ3v) is 3.19. The van der Waals surface area contributed by atoms with E-state index >= 15 is 0 Å². The van der Waals surface area contributed by atoms with Crippen molar-refractivity contribution in [3.8, 4) is 0 Å². The van der Waals surface area contributed by atoms with Gasteiger partial charge in [-0.05, 0) is 35.7 Å². The molecule has 0 fully saturated rings. The zero-order chi connectivity index (χ0) is 13.2. The molecule has 1 atom stereocenters. The Hall–Kier alpha value is -1.71. The summed E-state index contributed by atoms with van der Waals surface area (Å²) < 4.78 is 13.4. The smallest absolute Gasteiger partial charge is 0.127 e. The molecular formula is C15H16FNO. The summed E-state index contributed by atoms with van der Waals surface area (Å²) in [5.41, 5.74) is 6.36. The highest BCUT2D eigenvalue weighted by molar-refractivity contribution is 5.41. The van der Waals surface area contributed by atoms with Gasteiger partial charge in [0.15, 0.2) is 0 Å². The zero-order valence-corrected chi connectivity index (χ0v) is 10.2. The molecule has 0 aliphatic heterocycles. The van der Waals surface area contributed by atoms with Crippen LogP contribution in [0.5, 0.6) is 0 Å².